The molecule has 1 aliphatic heterocycles. The molecule has 4 aromatic rings. The van der Waals surface area contributed by atoms with E-state index in [0.29, 0.717) is 16.7 Å². The number of carbonyl (C=O) groups excluding carboxylic acids is 2. The van der Waals surface area contributed by atoms with E-state index in [-0.39, 0.29) is 16.8 Å². The molecule has 5 rings (SSSR count). The Balaban J connectivity index is 1.74. The Bertz CT molecular complexity index is 1340. The van der Waals surface area contributed by atoms with E-state index < -0.39 is 17.6 Å². The number of rotatable bonds is 2. The highest BCUT2D eigenvalue weighted by atomic mass is 19.1. The van der Waals surface area contributed by atoms with E-state index in [0.717, 1.165) is 16.2 Å². The Morgan fingerprint density at radius 1 is 0.966 bits per heavy atom. The van der Waals surface area contributed by atoms with Crippen molar-refractivity contribution >= 4 is 28.5 Å². The first-order valence-corrected chi connectivity index (χ1v) is 9.06. The SMILES string of the molecule is Cc1cccc(-n2nc(C)c3c4c(cnc32)C(=O)N(c2ccccc2F)C4=O)c1. The van der Waals surface area contributed by atoms with Crippen molar-refractivity contribution in [1.82, 2.24) is 14.8 Å². The topological polar surface area (TPSA) is 68.1 Å². The molecule has 0 spiro atoms. The minimum Gasteiger partial charge on any atom is -0.268 e. The van der Waals surface area contributed by atoms with E-state index in [2.05, 4.69) is 10.1 Å². The lowest BCUT2D eigenvalue weighted by Crippen LogP contribution is -2.30. The number of nitrogens with zero attached hydrogens (tertiary/aromatic N) is 4. The van der Waals surface area contributed by atoms with E-state index in [4.69, 9.17) is 0 Å². The van der Waals surface area contributed by atoms with Crippen LogP contribution in [0.15, 0.2) is 54.7 Å². The van der Waals surface area contributed by atoms with E-state index in [1.54, 1.807) is 17.7 Å². The number of fused-ring (bicyclic) bond motifs is 3. The molecule has 0 aliphatic carbocycles. The van der Waals surface area contributed by atoms with E-state index in [1.165, 1.54) is 24.4 Å². The van der Waals surface area contributed by atoms with Gasteiger partial charge >= 0.3 is 0 Å². The number of halogens is 1. The summed E-state index contributed by atoms with van der Waals surface area (Å²) < 4.78 is 15.9. The molecular weight excluding hydrogens is 371 g/mol. The van der Waals surface area contributed by atoms with Crippen molar-refractivity contribution in [3.8, 4) is 5.69 Å². The predicted molar refractivity (Wildman–Crippen MR) is 106 cm³/mol. The molecule has 0 radical (unpaired) electrons. The summed E-state index contributed by atoms with van der Waals surface area (Å²) in [5.41, 5.74) is 3.19. The number of para-hydroxylation sites is 1. The van der Waals surface area contributed by atoms with Gasteiger partial charge in [0, 0.05) is 6.20 Å². The number of hydrogen-bond donors (Lipinski definition) is 0. The largest absolute Gasteiger partial charge is 0.268 e. The number of pyridine rings is 1. The molecule has 2 aromatic carbocycles. The lowest BCUT2D eigenvalue weighted by molar-refractivity contribution is 0.0925. The second-order valence-electron chi connectivity index (χ2n) is 6.98. The van der Waals surface area contributed by atoms with Crippen LogP contribution >= 0.6 is 0 Å². The number of aromatic nitrogens is 3. The van der Waals surface area contributed by atoms with Gasteiger partial charge in [-0.1, -0.05) is 24.3 Å². The van der Waals surface area contributed by atoms with Crippen molar-refractivity contribution < 1.29 is 14.0 Å². The average Bonchev–Trinajstić information content (AvgIpc) is 3.17. The van der Waals surface area contributed by atoms with Crippen molar-refractivity contribution in [2.24, 2.45) is 0 Å². The molecule has 2 aromatic heterocycles. The first-order valence-electron chi connectivity index (χ1n) is 9.06. The lowest BCUT2D eigenvalue weighted by Gasteiger charge is -2.14. The second-order valence-corrected chi connectivity index (χ2v) is 6.98. The van der Waals surface area contributed by atoms with Gasteiger partial charge in [0.25, 0.3) is 11.8 Å². The fourth-order valence-corrected chi connectivity index (χ4v) is 3.75. The Kier molecular flexibility index (Phi) is 3.61. The zero-order valence-corrected chi connectivity index (χ0v) is 15.7. The van der Waals surface area contributed by atoms with Crippen LogP contribution in [0.4, 0.5) is 10.1 Å². The molecule has 1 aliphatic rings. The number of hydrogen-bond acceptors (Lipinski definition) is 4. The van der Waals surface area contributed by atoms with Crippen molar-refractivity contribution in [3.63, 3.8) is 0 Å². The molecular formula is C22H15FN4O2. The van der Waals surface area contributed by atoms with Gasteiger partial charge in [0.2, 0.25) is 0 Å². The van der Waals surface area contributed by atoms with E-state index >= 15 is 0 Å². The Labute approximate surface area is 165 Å². The summed E-state index contributed by atoms with van der Waals surface area (Å²) in [6.07, 6.45) is 1.37. The highest BCUT2D eigenvalue weighted by molar-refractivity contribution is 6.37. The Morgan fingerprint density at radius 2 is 1.76 bits per heavy atom. The van der Waals surface area contributed by atoms with Crippen LogP contribution in [0, 0.1) is 19.7 Å². The molecule has 0 saturated heterocycles. The number of anilines is 1. The third-order valence-electron chi connectivity index (χ3n) is 5.06. The van der Waals surface area contributed by atoms with Crippen molar-refractivity contribution in [3.05, 3.63) is 82.9 Å². The maximum absolute atomic E-state index is 14.3. The van der Waals surface area contributed by atoms with Gasteiger partial charge in [-0.25, -0.2) is 19.0 Å². The van der Waals surface area contributed by atoms with Crippen molar-refractivity contribution in [2.75, 3.05) is 4.90 Å². The summed E-state index contributed by atoms with van der Waals surface area (Å²) in [5, 5.41) is 5.05. The molecule has 0 fully saturated rings. The zero-order chi connectivity index (χ0) is 20.3. The Hall–Kier alpha value is -3.87. The van der Waals surface area contributed by atoms with Gasteiger partial charge < -0.3 is 0 Å². The average molecular weight is 386 g/mol. The molecule has 29 heavy (non-hydrogen) atoms. The summed E-state index contributed by atoms with van der Waals surface area (Å²) in [6, 6.07) is 13.4. The van der Waals surface area contributed by atoms with Crippen LogP contribution in [0.25, 0.3) is 16.7 Å². The number of imide groups is 1. The molecule has 3 heterocycles. The van der Waals surface area contributed by atoms with Crippen LogP contribution in [0.2, 0.25) is 0 Å². The quantitative estimate of drug-likeness (QED) is 0.489. The minimum atomic E-state index is -0.640. The first-order chi connectivity index (χ1) is 14.0. The molecule has 0 bridgehead atoms. The van der Waals surface area contributed by atoms with Gasteiger partial charge in [-0.15, -0.1) is 0 Å². The van der Waals surface area contributed by atoms with Crippen molar-refractivity contribution in [2.45, 2.75) is 13.8 Å². The summed E-state index contributed by atoms with van der Waals surface area (Å²) in [4.78, 5) is 31.4. The normalized spacial score (nSPS) is 13.4. The van der Waals surface area contributed by atoms with Gasteiger partial charge in [-0.3, -0.25) is 9.59 Å². The highest BCUT2D eigenvalue weighted by Crippen LogP contribution is 2.35. The van der Waals surface area contributed by atoms with Gasteiger partial charge in [-0.05, 0) is 43.7 Å². The van der Waals surface area contributed by atoms with Gasteiger partial charge in [0.15, 0.2) is 5.65 Å². The van der Waals surface area contributed by atoms with Gasteiger partial charge in [-0.2, -0.15) is 5.10 Å². The molecule has 6 nitrogen and oxygen atoms in total. The standard InChI is InChI=1S/C22H15FN4O2/c1-12-6-5-7-14(10-12)27-20-18(13(2)25-27)19-15(11-24-20)21(28)26(22(19)29)17-9-4-3-8-16(17)23/h3-11H,1-2H3. The summed E-state index contributed by atoms with van der Waals surface area (Å²) in [5.74, 6) is -1.81. The third kappa shape index (κ3) is 2.40. The maximum Gasteiger partial charge on any atom is 0.267 e. The van der Waals surface area contributed by atoms with Crippen LogP contribution in [-0.2, 0) is 0 Å². The number of carbonyl (C=O) groups is 2. The second kappa shape index (κ2) is 6.07. The van der Waals surface area contributed by atoms with Crippen LogP contribution in [0.5, 0.6) is 0 Å². The van der Waals surface area contributed by atoms with E-state index in [9.17, 15) is 14.0 Å². The fourth-order valence-electron chi connectivity index (χ4n) is 3.75. The predicted octanol–water partition coefficient (Wildman–Crippen LogP) is 3.98. The first kappa shape index (κ1) is 17.2. The third-order valence-corrected chi connectivity index (χ3v) is 5.06. The van der Waals surface area contributed by atoms with Crippen LogP contribution < -0.4 is 4.90 Å². The number of amides is 2. The van der Waals surface area contributed by atoms with Crippen LogP contribution in [-0.4, -0.2) is 26.6 Å². The monoisotopic (exact) mass is 386 g/mol. The molecule has 0 unspecified atom stereocenters. The summed E-state index contributed by atoms with van der Waals surface area (Å²) >= 11 is 0. The number of aryl methyl sites for hydroxylation is 2. The molecule has 0 atom stereocenters. The minimum absolute atomic E-state index is 0.0735. The number of benzene rings is 2. The van der Waals surface area contributed by atoms with E-state index in [1.807, 2.05) is 31.2 Å². The molecule has 142 valence electrons. The highest BCUT2D eigenvalue weighted by Gasteiger charge is 2.40. The molecule has 7 heteroatoms. The summed E-state index contributed by atoms with van der Waals surface area (Å²) in [6.45, 7) is 3.74. The summed E-state index contributed by atoms with van der Waals surface area (Å²) in [7, 11) is 0. The molecule has 2 amide bonds. The molecule has 0 saturated carbocycles. The van der Waals surface area contributed by atoms with Gasteiger partial charge in [0.05, 0.1) is 33.6 Å². The van der Waals surface area contributed by atoms with Gasteiger partial charge in [0.1, 0.15) is 5.82 Å². The van der Waals surface area contributed by atoms with Crippen LogP contribution in [0.1, 0.15) is 32.0 Å². The maximum atomic E-state index is 14.3. The van der Waals surface area contributed by atoms with Crippen molar-refractivity contribution in [1.29, 1.82) is 0 Å². The lowest BCUT2D eigenvalue weighted by atomic mass is 10.1. The van der Waals surface area contributed by atoms with Crippen LogP contribution in [0.3, 0.4) is 0 Å². The fraction of sp³-hybridized carbons (Fsp3) is 0.0909. The zero-order valence-electron chi connectivity index (χ0n) is 15.7. The molecule has 0 N–H and O–H groups in total. The Morgan fingerprint density at radius 3 is 2.52 bits per heavy atom. The smallest absolute Gasteiger partial charge is 0.267 e.